The monoisotopic (exact) mass is 482 g/mol. The van der Waals surface area contributed by atoms with E-state index in [1.165, 1.54) is 62.5 Å². The van der Waals surface area contributed by atoms with Crippen molar-refractivity contribution in [2.75, 3.05) is 32.7 Å². The average molecular weight is 483 g/mol. The van der Waals surface area contributed by atoms with E-state index >= 15 is 0 Å². The van der Waals surface area contributed by atoms with Crippen LogP contribution in [0.5, 0.6) is 0 Å². The van der Waals surface area contributed by atoms with Gasteiger partial charge in [0.2, 0.25) is 0 Å². The quantitative estimate of drug-likeness (QED) is 0.310. The maximum Gasteiger partial charge on any atom is 0.194 e. The number of unbranched alkanes of at least 4 members (excludes halogenated alkanes) is 5. The molecule has 6 heteroatoms. The third kappa shape index (κ3) is 8.15. The molecule has 1 fully saturated rings. The topological polar surface area (TPSA) is 72.0 Å². The summed E-state index contributed by atoms with van der Waals surface area (Å²) in [6.07, 6.45) is 13.3. The molecule has 0 radical (unpaired) electrons. The molecule has 0 aliphatic carbocycles. The predicted octanol–water partition coefficient (Wildman–Crippen LogP) is 5.40. The Morgan fingerprint density at radius 3 is 2.49 bits per heavy atom. The van der Waals surface area contributed by atoms with Gasteiger partial charge in [-0.05, 0) is 51.0 Å². The smallest absolute Gasteiger partial charge is 0.194 e. The van der Waals surface area contributed by atoms with E-state index in [0.29, 0.717) is 12.1 Å². The normalized spacial score (nSPS) is 20.3. The lowest BCUT2D eigenvalue weighted by Gasteiger charge is -2.27. The summed E-state index contributed by atoms with van der Waals surface area (Å²) in [4.78, 5) is 11.6. The fraction of sp³-hybridized carbons (Fsp3) is 0.724. The van der Waals surface area contributed by atoms with Gasteiger partial charge in [-0.1, -0.05) is 75.8 Å². The van der Waals surface area contributed by atoms with E-state index in [2.05, 4.69) is 64.7 Å². The third-order valence-corrected chi connectivity index (χ3v) is 7.71. The number of benzene rings is 1. The van der Waals surface area contributed by atoms with Crippen molar-refractivity contribution in [2.45, 2.75) is 103 Å². The van der Waals surface area contributed by atoms with Gasteiger partial charge in [-0.3, -0.25) is 10.4 Å². The number of aryl methyl sites for hydroxylation is 1. The van der Waals surface area contributed by atoms with Crippen molar-refractivity contribution in [3.63, 3.8) is 0 Å². The highest BCUT2D eigenvalue weighted by atomic mass is 15.4. The lowest BCUT2D eigenvalue weighted by molar-refractivity contribution is 0.302. The van der Waals surface area contributed by atoms with Gasteiger partial charge in [-0.15, -0.1) is 0 Å². The average Bonchev–Trinajstić information content (AvgIpc) is 3.34. The van der Waals surface area contributed by atoms with Gasteiger partial charge in [0, 0.05) is 32.2 Å². The molecule has 0 amide bonds. The molecule has 2 aliphatic rings. The number of nitrogens with zero attached hydrogens (tertiary/aromatic N) is 4. The van der Waals surface area contributed by atoms with Crippen LogP contribution in [0.3, 0.4) is 0 Å². The van der Waals surface area contributed by atoms with Crippen LogP contribution in [0.2, 0.25) is 0 Å². The Labute approximate surface area is 214 Å². The first-order valence-electron chi connectivity index (χ1n) is 14.3. The number of rotatable bonds is 16. The van der Waals surface area contributed by atoms with Gasteiger partial charge in [0.05, 0.1) is 12.6 Å². The van der Waals surface area contributed by atoms with Gasteiger partial charge in [-0.25, -0.2) is 0 Å². The molecular formula is C29H50N6. The highest BCUT2D eigenvalue weighted by Gasteiger charge is 2.33. The van der Waals surface area contributed by atoms with Crippen LogP contribution >= 0.6 is 0 Å². The van der Waals surface area contributed by atoms with Gasteiger partial charge in [0.25, 0.3) is 0 Å². The van der Waals surface area contributed by atoms with Crippen LogP contribution in [-0.4, -0.2) is 71.4 Å². The Hall–Kier alpha value is -2.24. The molecular weight excluding hydrogens is 432 g/mol. The molecule has 0 spiro atoms. The van der Waals surface area contributed by atoms with Crippen molar-refractivity contribution in [3.8, 4) is 0 Å². The summed E-state index contributed by atoms with van der Waals surface area (Å²) in [6, 6.07) is 9.74. The summed E-state index contributed by atoms with van der Waals surface area (Å²) >= 11 is 0. The van der Waals surface area contributed by atoms with Gasteiger partial charge in [0.15, 0.2) is 11.9 Å². The zero-order valence-electron chi connectivity index (χ0n) is 22.6. The minimum absolute atomic E-state index is 0.470. The zero-order valence-corrected chi connectivity index (χ0v) is 22.6. The Balaban J connectivity index is 1.41. The molecule has 2 aliphatic heterocycles. The molecule has 6 nitrogen and oxygen atoms in total. The van der Waals surface area contributed by atoms with Gasteiger partial charge < -0.3 is 20.4 Å². The lowest BCUT2D eigenvalue weighted by atomic mass is 10.1. The van der Waals surface area contributed by atoms with Crippen LogP contribution in [0.15, 0.2) is 29.3 Å². The molecule has 35 heavy (non-hydrogen) atoms. The molecule has 0 aromatic heterocycles. The minimum atomic E-state index is 0.470. The van der Waals surface area contributed by atoms with Gasteiger partial charge in [-0.2, -0.15) is 0 Å². The molecule has 1 saturated heterocycles. The maximum absolute atomic E-state index is 8.87. The first-order valence-corrected chi connectivity index (χ1v) is 14.3. The standard InChI is InChI=1S/C29H50N6/c1-4-6-7-8-10-19-34-26(22-32-28(34)30)16-9-11-18-33-23-27(13-5-2)35(29(33)31)20-17-25-15-12-14-24(3)21-25/h12,14-15,21,26-27,31H,4-11,13,16-20,22-23H2,1-3H3,(H2,30,32). The summed E-state index contributed by atoms with van der Waals surface area (Å²) in [5.74, 6) is 1.48. The first kappa shape index (κ1) is 27.3. The van der Waals surface area contributed by atoms with Gasteiger partial charge in [0.1, 0.15) is 0 Å². The summed E-state index contributed by atoms with van der Waals surface area (Å²) in [5.41, 5.74) is 8.89. The predicted molar refractivity (Wildman–Crippen MR) is 149 cm³/mol. The Morgan fingerprint density at radius 2 is 1.71 bits per heavy atom. The summed E-state index contributed by atoms with van der Waals surface area (Å²) in [7, 11) is 0. The Bertz CT molecular complexity index is 806. The molecule has 3 N–H and O–H groups in total. The van der Waals surface area contributed by atoms with E-state index in [4.69, 9.17) is 11.1 Å². The zero-order chi connectivity index (χ0) is 25.0. The van der Waals surface area contributed by atoms with E-state index in [1.54, 1.807) is 0 Å². The van der Waals surface area contributed by atoms with Crippen LogP contribution in [0.1, 0.15) is 89.2 Å². The molecule has 3 rings (SSSR count). The van der Waals surface area contributed by atoms with Gasteiger partial charge >= 0.3 is 0 Å². The van der Waals surface area contributed by atoms with Crippen LogP contribution in [-0.2, 0) is 6.42 Å². The highest BCUT2D eigenvalue weighted by Crippen LogP contribution is 2.22. The molecule has 1 aromatic rings. The molecule has 0 bridgehead atoms. The summed E-state index contributed by atoms with van der Waals surface area (Å²) < 4.78 is 0. The number of aliphatic imine (C=N–C) groups is 1. The molecule has 2 atom stereocenters. The lowest BCUT2D eigenvalue weighted by Crippen LogP contribution is -2.41. The second kappa shape index (κ2) is 14.4. The molecule has 2 unspecified atom stereocenters. The van der Waals surface area contributed by atoms with E-state index in [-0.39, 0.29) is 0 Å². The summed E-state index contributed by atoms with van der Waals surface area (Å²) in [5, 5.41) is 8.87. The number of nitrogens with two attached hydrogens (primary N) is 1. The van der Waals surface area contributed by atoms with Crippen molar-refractivity contribution in [2.24, 2.45) is 10.7 Å². The Morgan fingerprint density at radius 1 is 0.914 bits per heavy atom. The van der Waals surface area contributed by atoms with E-state index in [1.807, 2.05) is 0 Å². The van der Waals surface area contributed by atoms with E-state index in [0.717, 1.165) is 63.9 Å². The maximum atomic E-state index is 8.87. The van der Waals surface area contributed by atoms with Crippen molar-refractivity contribution < 1.29 is 0 Å². The third-order valence-electron chi connectivity index (χ3n) is 7.71. The number of hydrogen-bond donors (Lipinski definition) is 2. The van der Waals surface area contributed by atoms with Crippen LogP contribution in [0, 0.1) is 12.3 Å². The van der Waals surface area contributed by atoms with Crippen LogP contribution < -0.4 is 5.73 Å². The molecule has 0 saturated carbocycles. The van der Waals surface area contributed by atoms with Crippen molar-refractivity contribution >= 4 is 11.9 Å². The molecule has 2 heterocycles. The van der Waals surface area contributed by atoms with Crippen molar-refractivity contribution in [1.29, 1.82) is 5.41 Å². The fourth-order valence-electron chi connectivity index (χ4n) is 5.67. The molecule has 1 aromatic carbocycles. The fourth-order valence-corrected chi connectivity index (χ4v) is 5.67. The van der Waals surface area contributed by atoms with Crippen LogP contribution in [0.25, 0.3) is 0 Å². The summed E-state index contributed by atoms with van der Waals surface area (Å²) in [6.45, 7) is 11.5. The second-order valence-electron chi connectivity index (χ2n) is 10.6. The van der Waals surface area contributed by atoms with E-state index in [9.17, 15) is 0 Å². The molecule has 196 valence electrons. The largest absolute Gasteiger partial charge is 0.370 e. The SMILES string of the molecule is CCCCCCCN1C(N)=NCC1CCCCN1CC(CCC)N(CCc2cccc(C)c2)C1=N. The van der Waals surface area contributed by atoms with Crippen molar-refractivity contribution in [3.05, 3.63) is 35.4 Å². The number of nitrogens with one attached hydrogen (secondary N) is 1. The van der Waals surface area contributed by atoms with E-state index < -0.39 is 0 Å². The number of hydrogen-bond acceptors (Lipinski definition) is 4. The van der Waals surface area contributed by atoms with Crippen LogP contribution in [0.4, 0.5) is 0 Å². The first-order chi connectivity index (χ1) is 17.0. The minimum Gasteiger partial charge on any atom is -0.370 e. The second-order valence-corrected chi connectivity index (χ2v) is 10.6. The highest BCUT2D eigenvalue weighted by molar-refractivity contribution is 5.80. The Kier molecular flexibility index (Phi) is 11.2. The number of guanidine groups is 2. The van der Waals surface area contributed by atoms with Crippen molar-refractivity contribution in [1.82, 2.24) is 14.7 Å².